The first-order valence-corrected chi connectivity index (χ1v) is 21.5. The highest BCUT2D eigenvalue weighted by Gasteiger charge is 2.28. The van der Waals surface area contributed by atoms with Gasteiger partial charge in [0.05, 0.1) is 13.2 Å². The van der Waals surface area contributed by atoms with E-state index in [-0.39, 0.29) is 12.8 Å². The Hall–Kier alpha value is -3.08. The SMILES string of the molecule is CCCC/C=C/CCCCCCCC(=O)O[C@@H](COC(=O)CC/C=C/C/C=C/C/C=C/C/C=C/C/C=C/CCCCC)COP(=O)(O)OC[C@@H](N)C(=O)O. The van der Waals surface area contributed by atoms with Gasteiger partial charge < -0.3 is 25.2 Å². The molecule has 0 radical (unpaired) electrons. The third kappa shape index (κ3) is 35.9. The first kappa shape index (κ1) is 50.9. The maximum Gasteiger partial charge on any atom is 0.472 e. The maximum atomic E-state index is 12.5. The fraction of sp³-hybridized carbons (Fsp3) is 0.643. The van der Waals surface area contributed by atoms with E-state index in [0.717, 1.165) is 64.2 Å². The zero-order valence-corrected chi connectivity index (χ0v) is 33.9. The van der Waals surface area contributed by atoms with Crippen LogP contribution in [0.25, 0.3) is 0 Å². The number of hydrogen-bond acceptors (Lipinski definition) is 9. The molecule has 0 saturated carbocycles. The number of carboxylic acid groups (broad SMARTS) is 1. The number of carboxylic acids is 1. The van der Waals surface area contributed by atoms with Crippen molar-refractivity contribution in [3.63, 3.8) is 0 Å². The molecule has 11 nitrogen and oxygen atoms in total. The Bertz CT molecular complexity index is 1190. The monoisotopic (exact) mass is 779 g/mol. The molecular weight excluding hydrogens is 709 g/mol. The minimum absolute atomic E-state index is 0.0931. The third-order valence-electron chi connectivity index (χ3n) is 7.94. The minimum Gasteiger partial charge on any atom is -0.480 e. The Balaban J connectivity index is 4.53. The molecule has 0 amide bonds. The van der Waals surface area contributed by atoms with Crippen LogP contribution in [0.4, 0.5) is 0 Å². The molecule has 0 heterocycles. The first-order chi connectivity index (χ1) is 26.1. The highest BCUT2D eigenvalue weighted by Crippen LogP contribution is 2.43. The van der Waals surface area contributed by atoms with Crippen molar-refractivity contribution in [2.45, 2.75) is 154 Å². The largest absolute Gasteiger partial charge is 0.480 e. The van der Waals surface area contributed by atoms with Crippen LogP contribution in [0, 0.1) is 0 Å². The van der Waals surface area contributed by atoms with E-state index in [0.29, 0.717) is 12.8 Å². The first-order valence-electron chi connectivity index (χ1n) is 20.0. The van der Waals surface area contributed by atoms with Crippen LogP contribution in [-0.4, -0.2) is 59.9 Å². The average molecular weight is 780 g/mol. The maximum absolute atomic E-state index is 12.5. The quantitative estimate of drug-likeness (QED) is 0.0239. The lowest BCUT2D eigenvalue weighted by Crippen LogP contribution is -2.34. The van der Waals surface area contributed by atoms with Gasteiger partial charge in [-0.3, -0.25) is 23.4 Å². The molecule has 3 atom stereocenters. The third-order valence-corrected chi connectivity index (χ3v) is 8.89. The summed E-state index contributed by atoms with van der Waals surface area (Å²) in [5.41, 5.74) is 5.31. The number of phosphoric acid groups is 1. The van der Waals surface area contributed by atoms with Gasteiger partial charge >= 0.3 is 25.7 Å². The van der Waals surface area contributed by atoms with Gasteiger partial charge in [0.25, 0.3) is 0 Å². The van der Waals surface area contributed by atoms with Crippen LogP contribution in [0.1, 0.15) is 142 Å². The van der Waals surface area contributed by atoms with E-state index in [1.165, 1.54) is 38.5 Å². The molecule has 0 bridgehead atoms. The summed E-state index contributed by atoms with van der Waals surface area (Å²) in [6.45, 7) is 2.62. The molecule has 0 aromatic carbocycles. The molecule has 0 aliphatic carbocycles. The number of nitrogens with two attached hydrogens (primary N) is 1. The van der Waals surface area contributed by atoms with Crippen molar-refractivity contribution < 1.29 is 47.5 Å². The van der Waals surface area contributed by atoms with Gasteiger partial charge in [0, 0.05) is 12.8 Å². The summed E-state index contributed by atoms with van der Waals surface area (Å²) in [7, 11) is -4.73. The van der Waals surface area contributed by atoms with Crippen LogP contribution in [0.15, 0.2) is 72.9 Å². The molecule has 4 N–H and O–H groups in total. The van der Waals surface area contributed by atoms with Crippen LogP contribution >= 0.6 is 7.82 Å². The van der Waals surface area contributed by atoms with Crippen molar-refractivity contribution in [3.8, 4) is 0 Å². The van der Waals surface area contributed by atoms with Crippen LogP contribution in [0.5, 0.6) is 0 Å². The smallest absolute Gasteiger partial charge is 0.472 e. The summed E-state index contributed by atoms with van der Waals surface area (Å²) in [5, 5.41) is 8.86. The van der Waals surface area contributed by atoms with E-state index >= 15 is 0 Å². The van der Waals surface area contributed by atoms with Crippen molar-refractivity contribution in [2.24, 2.45) is 5.73 Å². The molecule has 0 aliphatic heterocycles. The van der Waals surface area contributed by atoms with Gasteiger partial charge in [0.15, 0.2) is 6.10 Å². The molecular formula is C42H70NO10P. The highest BCUT2D eigenvalue weighted by atomic mass is 31.2. The van der Waals surface area contributed by atoms with Gasteiger partial charge in [-0.1, -0.05) is 132 Å². The number of ether oxygens (including phenoxy) is 2. The van der Waals surface area contributed by atoms with Crippen LogP contribution in [0.3, 0.4) is 0 Å². The van der Waals surface area contributed by atoms with Crippen molar-refractivity contribution in [1.29, 1.82) is 0 Å². The second kappa shape index (κ2) is 36.9. The number of hydrogen-bond donors (Lipinski definition) is 3. The molecule has 0 rings (SSSR count). The van der Waals surface area contributed by atoms with E-state index in [4.69, 9.17) is 24.8 Å². The second-order valence-corrected chi connectivity index (χ2v) is 14.5. The standard InChI is InChI=1S/C42H70NO10P/c1-3-5-7-9-11-13-15-16-17-18-19-20-21-22-24-25-27-29-31-33-40(44)50-35-38(36-51-54(48,49)52-37-39(43)42(46)47)53-41(45)34-32-30-28-26-23-14-12-10-8-6-4-2/h10-13,16-17,19-20,22,24,27,29,38-39H,3-9,14-15,18,21,23,25-26,28,30-37,43H2,1-2H3,(H,46,47)(H,48,49)/b12-10+,13-11+,17-16+,20-19+,24-22+,29-27+/t38-,39+/m0/s1. The average Bonchev–Trinajstić information content (AvgIpc) is 3.14. The fourth-order valence-corrected chi connectivity index (χ4v) is 5.51. The summed E-state index contributed by atoms with van der Waals surface area (Å²) >= 11 is 0. The zero-order valence-electron chi connectivity index (χ0n) is 33.0. The van der Waals surface area contributed by atoms with E-state index in [9.17, 15) is 23.8 Å². The highest BCUT2D eigenvalue weighted by molar-refractivity contribution is 7.47. The number of aliphatic carboxylic acids is 1. The number of phosphoric ester groups is 1. The molecule has 0 saturated heterocycles. The summed E-state index contributed by atoms with van der Waals surface area (Å²) in [4.78, 5) is 45.7. The van der Waals surface area contributed by atoms with Crippen molar-refractivity contribution in [1.82, 2.24) is 0 Å². The van der Waals surface area contributed by atoms with Crippen LogP contribution in [0.2, 0.25) is 0 Å². The zero-order chi connectivity index (χ0) is 40.0. The number of rotatable bonds is 36. The van der Waals surface area contributed by atoms with Gasteiger partial charge in [-0.25, -0.2) is 4.57 Å². The van der Waals surface area contributed by atoms with Crippen molar-refractivity contribution in [2.75, 3.05) is 19.8 Å². The van der Waals surface area contributed by atoms with E-state index < -0.39 is 57.7 Å². The molecule has 0 fully saturated rings. The molecule has 0 aromatic heterocycles. The topological polar surface area (TPSA) is 172 Å². The Morgan fingerprint density at radius 3 is 1.61 bits per heavy atom. The number of allylic oxidation sites excluding steroid dienone is 12. The van der Waals surface area contributed by atoms with Crippen molar-refractivity contribution >= 4 is 25.7 Å². The van der Waals surface area contributed by atoms with Gasteiger partial charge in [0.2, 0.25) is 0 Å². The lowest BCUT2D eigenvalue weighted by molar-refractivity contribution is -0.161. The molecule has 0 spiro atoms. The molecule has 12 heteroatoms. The van der Waals surface area contributed by atoms with E-state index in [1.807, 2.05) is 12.2 Å². The minimum atomic E-state index is -4.73. The van der Waals surface area contributed by atoms with Gasteiger partial charge in [0.1, 0.15) is 12.6 Å². The Morgan fingerprint density at radius 1 is 0.574 bits per heavy atom. The summed E-state index contributed by atoms with van der Waals surface area (Å²) in [6, 6.07) is -1.53. The lowest BCUT2D eigenvalue weighted by atomic mass is 10.1. The molecule has 308 valence electrons. The fourth-order valence-electron chi connectivity index (χ4n) is 4.73. The number of carbonyl (C=O) groups is 3. The Labute approximate surface area is 325 Å². The summed E-state index contributed by atoms with van der Waals surface area (Å²) in [5.74, 6) is -2.51. The van der Waals surface area contributed by atoms with Gasteiger partial charge in [-0.15, -0.1) is 0 Å². The Morgan fingerprint density at radius 2 is 1.04 bits per heavy atom. The predicted molar refractivity (Wildman–Crippen MR) is 217 cm³/mol. The lowest BCUT2D eigenvalue weighted by Gasteiger charge is -2.20. The van der Waals surface area contributed by atoms with Crippen LogP contribution in [-0.2, 0) is 37.5 Å². The number of unbranched alkanes of at least 4 members (excludes halogenated alkanes) is 10. The van der Waals surface area contributed by atoms with Crippen LogP contribution < -0.4 is 5.73 Å². The van der Waals surface area contributed by atoms with E-state index in [1.54, 1.807) is 0 Å². The molecule has 54 heavy (non-hydrogen) atoms. The van der Waals surface area contributed by atoms with Gasteiger partial charge in [-0.2, -0.15) is 0 Å². The normalized spacial score (nSPS) is 14.6. The van der Waals surface area contributed by atoms with E-state index in [2.05, 4.69) is 79.1 Å². The van der Waals surface area contributed by atoms with Gasteiger partial charge in [-0.05, 0) is 70.6 Å². The molecule has 0 aromatic rings. The second-order valence-electron chi connectivity index (χ2n) is 13.1. The van der Waals surface area contributed by atoms with Crippen molar-refractivity contribution in [3.05, 3.63) is 72.9 Å². The Kier molecular flexibility index (Phi) is 34.8. The number of esters is 2. The summed E-state index contributed by atoms with van der Waals surface area (Å²) < 4.78 is 32.5. The molecule has 0 aliphatic rings. The summed E-state index contributed by atoms with van der Waals surface area (Å²) in [6.07, 6.45) is 42.8. The predicted octanol–water partition coefficient (Wildman–Crippen LogP) is 10.2. The number of carbonyl (C=O) groups excluding carboxylic acids is 2. The molecule has 1 unspecified atom stereocenters.